The fraction of sp³-hybridized carbons (Fsp3) is 0.583. The number of nitrogen functional groups attached to an aromatic ring is 1. The highest BCUT2D eigenvalue weighted by Gasteiger charge is 2.24. The summed E-state index contributed by atoms with van der Waals surface area (Å²) in [4.78, 5) is 21.9. The summed E-state index contributed by atoms with van der Waals surface area (Å²) in [5, 5.41) is 0. The van der Waals surface area contributed by atoms with E-state index in [4.69, 9.17) is 5.73 Å². The predicted octanol–water partition coefficient (Wildman–Crippen LogP) is 1.32. The van der Waals surface area contributed by atoms with E-state index in [1.807, 2.05) is 11.8 Å². The molecule has 5 nitrogen and oxygen atoms in total. The molecule has 5 heteroatoms. The van der Waals surface area contributed by atoms with Crippen molar-refractivity contribution in [2.75, 3.05) is 18.8 Å². The molecule has 0 unspecified atom stereocenters. The van der Waals surface area contributed by atoms with Crippen LogP contribution in [0.1, 0.15) is 36.7 Å². The van der Waals surface area contributed by atoms with Crippen LogP contribution in [-0.4, -0.2) is 33.9 Å². The van der Waals surface area contributed by atoms with Gasteiger partial charge in [-0.15, -0.1) is 0 Å². The number of carbonyl (C=O) groups excluding carboxylic acids is 1. The summed E-state index contributed by atoms with van der Waals surface area (Å²) in [5.74, 6) is 0.877. The van der Waals surface area contributed by atoms with Crippen LogP contribution in [0.2, 0.25) is 0 Å². The van der Waals surface area contributed by atoms with E-state index in [9.17, 15) is 4.79 Å². The first kappa shape index (κ1) is 11.8. The highest BCUT2D eigenvalue weighted by atomic mass is 16.2. The molecule has 1 fully saturated rings. The molecule has 0 bridgehead atoms. The quantitative estimate of drug-likeness (QED) is 0.852. The number of aromatic nitrogens is 2. The second-order valence-corrected chi connectivity index (χ2v) is 4.47. The molecular weight excluding hydrogens is 216 g/mol. The first-order chi connectivity index (χ1) is 8.20. The maximum atomic E-state index is 12.2. The predicted molar refractivity (Wildman–Crippen MR) is 65.4 cm³/mol. The molecule has 1 saturated carbocycles. The third kappa shape index (κ3) is 2.72. The van der Waals surface area contributed by atoms with E-state index in [2.05, 4.69) is 9.97 Å². The number of carbonyl (C=O) groups is 1. The molecule has 1 heterocycles. The summed E-state index contributed by atoms with van der Waals surface area (Å²) >= 11 is 0. The van der Waals surface area contributed by atoms with E-state index in [-0.39, 0.29) is 11.7 Å². The number of amides is 1. The zero-order chi connectivity index (χ0) is 12.3. The largest absolute Gasteiger partial charge is 0.382 e. The molecule has 0 aliphatic heterocycles. The maximum Gasteiger partial charge on any atom is 0.274 e. The number of hydrogen-bond acceptors (Lipinski definition) is 4. The molecule has 1 aliphatic rings. The van der Waals surface area contributed by atoms with Crippen molar-refractivity contribution in [1.29, 1.82) is 0 Å². The van der Waals surface area contributed by atoms with E-state index >= 15 is 0 Å². The van der Waals surface area contributed by atoms with Gasteiger partial charge in [-0.2, -0.15) is 0 Å². The summed E-state index contributed by atoms with van der Waals surface area (Å²) in [7, 11) is 0. The van der Waals surface area contributed by atoms with Crippen LogP contribution >= 0.6 is 0 Å². The van der Waals surface area contributed by atoms with E-state index in [1.165, 1.54) is 31.7 Å². The van der Waals surface area contributed by atoms with Gasteiger partial charge in [-0.3, -0.25) is 9.78 Å². The Hall–Kier alpha value is -1.65. The molecule has 1 amide bonds. The van der Waals surface area contributed by atoms with Crippen molar-refractivity contribution in [1.82, 2.24) is 14.9 Å². The Kier molecular flexibility index (Phi) is 3.56. The van der Waals surface area contributed by atoms with E-state index in [0.717, 1.165) is 6.54 Å². The molecule has 2 rings (SSSR count). The van der Waals surface area contributed by atoms with Crippen LogP contribution in [0.3, 0.4) is 0 Å². The molecule has 0 spiro atoms. The highest BCUT2D eigenvalue weighted by Crippen LogP contribution is 2.27. The smallest absolute Gasteiger partial charge is 0.274 e. The first-order valence-corrected chi connectivity index (χ1v) is 6.07. The third-order valence-electron chi connectivity index (χ3n) is 3.24. The second kappa shape index (κ2) is 5.12. The highest BCUT2D eigenvalue weighted by molar-refractivity contribution is 5.92. The Morgan fingerprint density at radius 1 is 1.53 bits per heavy atom. The van der Waals surface area contributed by atoms with Crippen LogP contribution in [0.25, 0.3) is 0 Å². The molecule has 1 aromatic rings. The van der Waals surface area contributed by atoms with E-state index in [0.29, 0.717) is 18.2 Å². The Labute approximate surface area is 101 Å². The number of nitrogens with two attached hydrogens (primary N) is 1. The van der Waals surface area contributed by atoms with Gasteiger partial charge in [-0.25, -0.2) is 4.98 Å². The summed E-state index contributed by atoms with van der Waals surface area (Å²) in [6.45, 7) is 3.51. The normalized spacial score (nSPS) is 15.4. The standard InChI is InChI=1S/C12H18N4O/c1-2-16(8-9-4-3-5-9)12(17)10-6-14-7-11(13)15-10/h6-7,9H,2-5,8H2,1H3,(H2,13,15). The van der Waals surface area contributed by atoms with E-state index < -0.39 is 0 Å². The van der Waals surface area contributed by atoms with Crippen molar-refractivity contribution in [3.8, 4) is 0 Å². The number of hydrogen-bond donors (Lipinski definition) is 1. The minimum atomic E-state index is -0.0702. The molecule has 1 aliphatic carbocycles. The topological polar surface area (TPSA) is 72.1 Å². The summed E-state index contributed by atoms with van der Waals surface area (Å²) in [6.07, 6.45) is 6.66. The van der Waals surface area contributed by atoms with Gasteiger partial charge >= 0.3 is 0 Å². The van der Waals surface area contributed by atoms with Crippen LogP contribution in [0.15, 0.2) is 12.4 Å². The van der Waals surface area contributed by atoms with Crippen molar-refractivity contribution in [3.63, 3.8) is 0 Å². The number of anilines is 1. The maximum absolute atomic E-state index is 12.2. The first-order valence-electron chi connectivity index (χ1n) is 6.07. The third-order valence-corrected chi connectivity index (χ3v) is 3.24. The zero-order valence-electron chi connectivity index (χ0n) is 10.1. The van der Waals surface area contributed by atoms with Gasteiger partial charge in [0.1, 0.15) is 11.5 Å². The molecule has 1 aromatic heterocycles. The molecular formula is C12H18N4O. The molecule has 0 atom stereocenters. The molecule has 17 heavy (non-hydrogen) atoms. The summed E-state index contributed by atoms with van der Waals surface area (Å²) in [5.41, 5.74) is 5.87. The van der Waals surface area contributed by atoms with Gasteiger partial charge in [0.25, 0.3) is 5.91 Å². The zero-order valence-corrected chi connectivity index (χ0v) is 10.1. The number of rotatable bonds is 4. The summed E-state index contributed by atoms with van der Waals surface area (Å²) < 4.78 is 0. The molecule has 92 valence electrons. The van der Waals surface area contributed by atoms with Gasteiger partial charge in [-0.05, 0) is 25.7 Å². The van der Waals surface area contributed by atoms with Crippen molar-refractivity contribution < 1.29 is 4.79 Å². The van der Waals surface area contributed by atoms with Gasteiger partial charge in [0.15, 0.2) is 0 Å². The van der Waals surface area contributed by atoms with Crippen LogP contribution in [0, 0.1) is 5.92 Å². The SMILES string of the molecule is CCN(CC1CCC1)C(=O)c1cncc(N)n1. The lowest BCUT2D eigenvalue weighted by molar-refractivity contribution is 0.0700. The Bertz CT molecular complexity index is 403. The average Bonchev–Trinajstić information content (AvgIpc) is 2.27. The van der Waals surface area contributed by atoms with Gasteiger partial charge < -0.3 is 10.6 Å². The minimum absolute atomic E-state index is 0.0702. The lowest BCUT2D eigenvalue weighted by Crippen LogP contribution is -2.37. The second-order valence-electron chi connectivity index (χ2n) is 4.47. The molecule has 2 N–H and O–H groups in total. The lowest BCUT2D eigenvalue weighted by atomic mass is 9.85. The molecule has 0 saturated heterocycles. The van der Waals surface area contributed by atoms with Crippen molar-refractivity contribution >= 4 is 11.7 Å². The number of nitrogens with zero attached hydrogens (tertiary/aromatic N) is 3. The minimum Gasteiger partial charge on any atom is -0.382 e. The van der Waals surface area contributed by atoms with E-state index in [1.54, 1.807) is 0 Å². The van der Waals surface area contributed by atoms with Gasteiger partial charge in [0.2, 0.25) is 0 Å². The van der Waals surface area contributed by atoms with Crippen LogP contribution in [0.5, 0.6) is 0 Å². The van der Waals surface area contributed by atoms with Gasteiger partial charge in [0.05, 0.1) is 12.4 Å². The Morgan fingerprint density at radius 3 is 2.82 bits per heavy atom. The fourth-order valence-electron chi connectivity index (χ4n) is 1.99. The van der Waals surface area contributed by atoms with Crippen LogP contribution < -0.4 is 5.73 Å². The van der Waals surface area contributed by atoms with Crippen molar-refractivity contribution in [3.05, 3.63) is 18.1 Å². The Balaban J connectivity index is 2.05. The molecule has 0 aromatic carbocycles. The average molecular weight is 234 g/mol. The van der Waals surface area contributed by atoms with Gasteiger partial charge in [0, 0.05) is 13.1 Å². The Morgan fingerprint density at radius 2 is 2.29 bits per heavy atom. The van der Waals surface area contributed by atoms with Gasteiger partial charge in [-0.1, -0.05) is 6.42 Å². The van der Waals surface area contributed by atoms with Crippen LogP contribution in [0.4, 0.5) is 5.82 Å². The molecule has 0 radical (unpaired) electrons. The van der Waals surface area contributed by atoms with Crippen LogP contribution in [-0.2, 0) is 0 Å². The van der Waals surface area contributed by atoms with Crippen molar-refractivity contribution in [2.45, 2.75) is 26.2 Å². The fourth-order valence-corrected chi connectivity index (χ4v) is 1.99. The lowest BCUT2D eigenvalue weighted by Gasteiger charge is -2.31. The summed E-state index contributed by atoms with van der Waals surface area (Å²) in [6, 6.07) is 0. The van der Waals surface area contributed by atoms with Crippen molar-refractivity contribution in [2.24, 2.45) is 5.92 Å². The monoisotopic (exact) mass is 234 g/mol.